The summed E-state index contributed by atoms with van der Waals surface area (Å²) >= 11 is 0. The van der Waals surface area contributed by atoms with Gasteiger partial charge in [0.25, 0.3) is 0 Å². The lowest BCUT2D eigenvalue weighted by Crippen LogP contribution is -2.30. The first-order valence-electron chi connectivity index (χ1n) is 6.72. The SMILES string of the molecule is CNCC1CCC(C)CC1c1cccc(F)c1F. The molecule has 1 aromatic rings. The standard InChI is InChI=1S/C15H21F2N/c1-10-6-7-11(9-18-2)13(8-10)12-4-3-5-14(16)15(12)17/h3-5,10-11,13,18H,6-9H2,1-2H3. The number of hydrogen-bond acceptors (Lipinski definition) is 1. The predicted molar refractivity (Wildman–Crippen MR) is 69.5 cm³/mol. The molecule has 3 atom stereocenters. The predicted octanol–water partition coefficient (Wildman–Crippen LogP) is 3.70. The van der Waals surface area contributed by atoms with Crippen molar-refractivity contribution in [3.63, 3.8) is 0 Å². The molecule has 18 heavy (non-hydrogen) atoms. The molecule has 3 heteroatoms. The third-order valence-corrected chi connectivity index (χ3v) is 4.10. The average Bonchev–Trinajstić information content (AvgIpc) is 2.35. The monoisotopic (exact) mass is 253 g/mol. The van der Waals surface area contributed by atoms with Gasteiger partial charge in [-0.25, -0.2) is 8.78 Å². The van der Waals surface area contributed by atoms with E-state index in [0.717, 1.165) is 19.4 Å². The number of rotatable bonds is 3. The largest absolute Gasteiger partial charge is 0.319 e. The molecule has 0 heterocycles. The molecule has 1 fully saturated rings. The molecule has 1 saturated carbocycles. The lowest BCUT2D eigenvalue weighted by Gasteiger charge is -2.35. The van der Waals surface area contributed by atoms with Gasteiger partial charge in [-0.3, -0.25) is 0 Å². The van der Waals surface area contributed by atoms with Crippen molar-refractivity contribution >= 4 is 0 Å². The maximum absolute atomic E-state index is 13.9. The molecule has 0 radical (unpaired) electrons. The van der Waals surface area contributed by atoms with Gasteiger partial charge in [0.1, 0.15) is 0 Å². The smallest absolute Gasteiger partial charge is 0.162 e. The average molecular weight is 253 g/mol. The van der Waals surface area contributed by atoms with Crippen LogP contribution in [0, 0.1) is 23.5 Å². The Balaban J connectivity index is 2.29. The molecule has 3 unspecified atom stereocenters. The lowest BCUT2D eigenvalue weighted by molar-refractivity contribution is 0.240. The molecule has 0 aliphatic heterocycles. The second-order valence-electron chi connectivity index (χ2n) is 5.49. The fourth-order valence-corrected chi connectivity index (χ4v) is 3.14. The van der Waals surface area contributed by atoms with Crippen molar-refractivity contribution in [3.05, 3.63) is 35.4 Å². The van der Waals surface area contributed by atoms with Crippen LogP contribution in [-0.2, 0) is 0 Å². The van der Waals surface area contributed by atoms with Crippen molar-refractivity contribution in [3.8, 4) is 0 Å². The third kappa shape index (κ3) is 2.72. The normalized spacial score (nSPS) is 28.3. The van der Waals surface area contributed by atoms with Crippen LogP contribution in [0.1, 0.15) is 37.7 Å². The lowest BCUT2D eigenvalue weighted by atomic mass is 9.71. The van der Waals surface area contributed by atoms with Crippen molar-refractivity contribution in [1.82, 2.24) is 5.32 Å². The van der Waals surface area contributed by atoms with E-state index < -0.39 is 11.6 Å². The molecule has 1 aliphatic rings. The van der Waals surface area contributed by atoms with Gasteiger partial charge in [0.15, 0.2) is 11.6 Å². The Morgan fingerprint density at radius 1 is 1.28 bits per heavy atom. The van der Waals surface area contributed by atoms with Crippen LogP contribution in [0.25, 0.3) is 0 Å². The maximum atomic E-state index is 13.9. The molecular formula is C15H21F2N. The summed E-state index contributed by atoms with van der Waals surface area (Å²) in [5, 5.41) is 3.17. The quantitative estimate of drug-likeness (QED) is 0.866. The number of benzene rings is 1. The first kappa shape index (κ1) is 13.5. The van der Waals surface area contributed by atoms with E-state index in [1.165, 1.54) is 12.5 Å². The molecular weight excluding hydrogens is 232 g/mol. The molecule has 1 N–H and O–H groups in total. The summed E-state index contributed by atoms with van der Waals surface area (Å²) in [7, 11) is 1.91. The molecule has 1 aliphatic carbocycles. The van der Waals surface area contributed by atoms with Crippen LogP contribution in [0.2, 0.25) is 0 Å². The topological polar surface area (TPSA) is 12.0 Å². The van der Waals surface area contributed by atoms with Crippen LogP contribution >= 0.6 is 0 Å². The van der Waals surface area contributed by atoms with E-state index in [9.17, 15) is 8.78 Å². The molecule has 0 spiro atoms. The Morgan fingerprint density at radius 2 is 2.06 bits per heavy atom. The van der Waals surface area contributed by atoms with Crippen molar-refractivity contribution in [2.75, 3.05) is 13.6 Å². The van der Waals surface area contributed by atoms with E-state index in [1.807, 2.05) is 7.05 Å². The molecule has 0 amide bonds. The molecule has 100 valence electrons. The molecule has 0 bridgehead atoms. The zero-order chi connectivity index (χ0) is 13.1. The molecule has 0 saturated heterocycles. The van der Waals surface area contributed by atoms with Crippen LogP contribution in [0.5, 0.6) is 0 Å². The Hall–Kier alpha value is -0.960. The van der Waals surface area contributed by atoms with Gasteiger partial charge in [0.05, 0.1) is 0 Å². The van der Waals surface area contributed by atoms with Crippen molar-refractivity contribution < 1.29 is 8.78 Å². The van der Waals surface area contributed by atoms with Gasteiger partial charge in [-0.15, -0.1) is 0 Å². The minimum absolute atomic E-state index is 0.136. The first-order chi connectivity index (χ1) is 8.63. The van der Waals surface area contributed by atoms with Gasteiger partial charge in [0, 0.05) is 0 Å². The highest BCUT2D eigenvalue weighted by Crippen LogP contribution is 2.41. The number of halogens is 2. The summed E-state index contributed by atoms with van der Waals surface area (Å²) in [5.74, 6) is -0.253. The Labute approximate surface area is 108 Å². The van der Waals surface area contributed by atoms with Crippen LogP contribution in [-0.4, -0.2) is 13.6 Å². The number of nitrogens with one attached hydrogen (secondary N) is 1. The fraction of sp³-hybridized carbons (Fsp3) is 0.600. The van der Waals surface area contributed by atoms with E-state index in [2.05, 4.69) is 12.2 Å². The van der Waals surface area contributed by atoms with Crippen LogP contribution in [0.15, 0.2) is 18.2 Å². The first-order valence-corrected chi connectivity index (χ1v) is 6.72. The summed E-state index contributed by atoms with van der Waals surface area (Å²) in [6, 6.07) is 4.55. The van der Waals surface area contributed by atoms with E-state index >= 15 is 0 Å². The summed E-state index contributed by atoms with van der Waals surface area (Å²) in [5.41, 5.74) is 0.557. The summed E-state index contributed by atoms with van der Waals surface area (Å²) in [4.78, 5) is 0. The zero-order valence-corrected chi connectivity index (χ0v) is 11.0. The summed E-state index contributed by atoms with van der Waals surface area (Å²) < 4.78 is 27.3. The van der Waals surface area contributed by atoms with Gasteiger partial charge in [0.2, 0.25) is 0 Å². The van der Waals surface area contributed by atoms with Crippen molar-refractivity contribution in [1.29, 1.82) is 0 Å². The van der Waals surface area contributed by atoms with Crippen molar-refractivity contribution in [2.24, 2.45) is 11.8 Å². The second kappa shape index (κ2) is 5.79. The molecule has 1 aromatic carbocycles. The third-order valence-electron chi connectivity index (χ3n) is 4.10. The number of hydrogen-bond donors (Lipinski definition) is 1. The van der Waals surface area contributed by atoms with Crippen LogP contribution < -0.4 is 5.32 Å². The minimum Gasteiger partial charge on any atom is -0.319 e. The van der Waals surface area contributed by atoms with Gasteiger partial charge < -0.3 is 5.32 Å². The van der Waals surface area contributed by atoms with Crippen molar-refractivity contribution in [2.45, 2.75) is 32.1 Å². The Kier molecular flexibility index (Phi) is 4.33. The highest BCUT2D eigenvalue weighted by Gasteiger charge is 2.31. The van der Waals surface area contributed by atoms with Crippen LogP contribution in [0.3, 0.4) is 0 Å². The van der Waals surface area contributed by atoms with E-state index in [1.54, 1.807) is 12.1 Å². The second-order valence-corrected chi connectivity index (χ2v) is 5.49. The van der Waals surface area contributed by atoms with Gasteiger partial charge in [-0.05, 0) is 55.8 Å². The van der Waals surface area contributed by atoms with E-state index in [-0.39, 0.29) is 5.92 Å². The minimum atomic E-state index is -0.728. The van der Waals surface area contributed by atoms with Gasteiger partial charge in [-0.1, -0.05) is 25.5 Å². The maximum Gasteiger partial charge on any atom is 0.162 e. The summed E-state index contributed by atoms with van der Waals surface area (Å²) in [6.45, 7) is 3.06. The van der Waals surface area contributed by atoms with E-state index in [4.69, 9.17) is 0 Å². The Morgan fingerprint density at radius 3 is 2.78 bits per heavy atom. The van der Waals surface area contributed by atoms with Gasteiger partial charge >= 0.3 is 0 Å². The highest BCUT2D eigenvalue weighted by molar-refractivity contribution is 5.24. The van der Waals surface area contributed by atoms with Crippen LogP contribution in [0.4, 0.5) is 8.78 Å². The fourth-order valence-electron chi connectivity index (χ4n) is 3.14. The molecule has 2 rings (SSSR count). The van der Waals surface area contributed by atoms with Gasteiger partial charge in [-0.2, -0.15) is 0 Å². The molecule has 1 nitrogen and oxygen atoms in total. The molecule has 0 aromatic heterocycles. The highest BCUT2D eigenvalue weighted by atomic mass is 19.2. The Bertz CT molecular complexity index is 405. The van der Waals surface area contributed by atoms with E-state index in [0.29, 0.717) is 17.4 Å². The summed E-state index contributed by atoms with van der Waals surface area (Å²) in [6.07, 6.45) is 3.22. The zero-order valence-electron chi connectivity index (χ0n) is 11.0.